The number of methoxy groups -OCH3 is 1. The van der Waals surface area contributed by atoms with Crippen molar-refractivity contribution in [3.05, 3.63) is 53.1 Å². The van der Waals surface area contributed by atoms with Crippen LogP contribution in [0.25, 0.3) is 0 Å². The summed E-state index contributed by atoms with van der Waals surface area (Å²) in [5.74, 6) is 2.06. The van der Waals surface area contributed by atoms with E-state index >= 15 is 0 Å². The molecule has 2 aromatic carbocycles. The smallest absolute Gasteiger partial charge is 0.122 e. The van der Waals surface area contributed by atoms with Crippen molar-refractivity contribution in [3.63, 3.8) is 0 Å². The first-order valence-electron chi connectivity index (χ1n) is 10.5. The molecule has 0 aromatic heterocycles. The van der Waals surface area contributed by atoms with Gasteiger partial charge in [-0.15, -0.1) is 0 Å². The Balaban J connectivity index is 1.67. The highest BCUT2D eigenvalue weighted by Gasteiger charge is 2.22. The Hall–Kier alpha value is -2.20. The third-order valence-corrected chi connectivity index (χ3v) is 5.83. The number of ether oxygens (including phenoxy) is 1. The molecule has 152 valence electrons. The second kappa shape index (κ2) is 8.87. The van der Waals surface area contributed by atoms with Crippen molar-refractivity contribution in [1.82, 2.24) is 0 Å². The maximum absolute atomic E-state index is 10.6. The summed E-state index contributed by atoms with van der Waals surface area (Å²) >= 11 is 0. The second-order valence-electron chi connectivity index (χ2n) is 8.54. The normalized spacial score (nSPS) is 15.5. The van der Waals surface area contributed by atoms with Gasteiger partial charge in [0.05, 0.1) is 33.3 Å². The molecular formula is C24H35N2O2+. The van der Waals surface area contributed by atoms with Crippen LogP contribution in [0, 0.1) is 0 Å². The van der Waals surface area contributed by atoms with Crippen molar-refractivity contribution in [2.24, 2.45) is 0 Å². The summed E-state index contributed by atoms with van der Waals surface area (Å²) in [5.41, 5.74) is 4.78. The van der Waals surface area contributed by atoms with E-state index in [-0.39, 0.29) is 0 Å². The number of rotatable bonds is 6. The minimum atomic E-state index is 0.333. The number of nitrogens with one attached hydrogen (secondary N) is 1. The van der Waals surface area contributed by atoms with Crippen LogP contribution < -0.4 is 14.5 Å². The van der Waals surface area contributed by atoms with E-state index in [1.807, 2.05) is 12.1 Å². The average Bonchev–Trinajstić information content (AvgIpc) is 2.69. The maximum Gasteiger partial charge on any atom is 0.122 e. The molecule has 1 saturated heterocycles. The van der Waals surface area contributed by atoms with Crippen LogP contribution in [0.2, 0.25) is 0 Å². The Labute approximate surface area is 169 Å². The molecule has 2 aromatic rings. The Kier molecular flexibility index (Phi) is 6.50. The van der Waals surface area contributed by atoms with Crippen LogP contribution in [0.15, 0.2) is 36.4 Å². The molecule has 0 amide bonds. The molecule has 0 bridgehead atoms. The molecule has 2 N–H and O–H groups in total. The number of piperazine rings is 1. The highest BCUT2D eigenvalue weighted by atomic mass is 16.5. The third-order valence-electron chi connectivity index (χ3n) is 5.83. The Bertz CT molecular complexity index is 747. The number of phenols is 1. The molecule has 4 heteroatoms. The van der Waals surface area contributed by atoms with Crippen LogP contribution in [-0.2, 0) is 6.54 Å². The van der Waals surface area contributed by atoms with E-state index in [9.17, 15) is 5.11 Å². The van der Waals surface area contributed by atoms with E-state index in [2.05, 4.69) is 56.9 Å². The van der Waals surface area contributed by atoms with Crippen molar-refractivity contribution >= 4 is 5.69 Å². The lowest BCUT2D eigenvalue weighted by molar-refractivity contribution is -0.914. The molecule has 0 unspecified atom stereocenters. The van der Waals surface area contributed by atoms with Gasteiger partial charge in [-0.1, -0.05) is 27.7 Å². The van der Waals surface area contributed by atoms with Gasteiger partial charge in [-0.25, -0.2) is 0 Å². The Morgan fingerprint density at radius 3 is 1.96 bits per heavy atom. The largest absolute Gasteiger partial charge is 0.507 e. The van der Waals surface area contributed by atoms with E-state index < -0.39 is 0 Å². The maximum atomic E-state index is 10.6. The van der Waals surface area contributed by atoms with Gasteiger partial charge in [0.15, 0.2) is 0 Å². The lowest BCUT2D eigenvalue weighted by Gasteiger charge is -2.34. The van der Waals surface area contributed by atoms with Gasteiger partial charge in [0.25, 0.3) is 0 Å². The summed E-state index contributed by atoms with van der Waals surface area (Å²) in [4.78, 5) is 4.07. The van der Waals surface area contributed by atoms with Crippen molar-refractivity contribution < 1.29 is 14.7 Å². The van der Waals surface area contributed by atoms with Crippen LogP contribution in [0.5, 0.6) is 11.5 Å². The molecule has 0 saturated carbocycles. The summed E-state index contributed by atoms with van der Waals surface area (Å²) in [5, 5.41) is 10.6. The number of benzene rings is 2. The number of hydrogen-bond acceptors (Lipinski definition) is 3. The monoisotopic (exact) mass is 383 g/mol. The lowest BCUT2D eigenvalue weighted by Crippen LogP contribution is -3.13. The second-order valence-corrected chi connectivity index (χ2v) is 8.54. The van der Waals surface area contributed by atoms with Crippen LogP contribution in [0.1, 0.15) is 56.2 Å². The third kappa shape index (κ3) is 4.61. The van der Waals surface area contributed by atoms with Gasteiger partial charge in [-0.3, -0.25) is 0 Å². The van der Waals surface area contributed by atoms with Crippen molar-refractivity contribution in [2.45, 2.75) is 46.1 Å². The van der Waals surface area contributed by atoms with E-state index in [1.165, 1.54) is 11.3 Å². The molecule has 0 radical (unpaired) electrons. The summed E-state index contributed by atoms with van der Waals surface area (Å²) in [6.45, 7) is 14.0. The van der Waals surface area contributed by atoms with Gasteiger partial charge in [-0.2, -0.15) is 0 Å². The number of phenolic OH excluding ortho intramolecular Hbond substituents is 1. The summed E-state index contributed by atoms with van der Waals surface area (Å²) < 4.78 is 5.26. The zero-order valence-electron chi connectivity index (χ0n) is 18.0. The topological polar surface area (TPSA) is 37.1 Å². The van der Waals surface area contributed by atoms with Crippen molar-refractivity contribution in [3.8, 4) is 11.5 Å². The van der Waals surface area contributed by atoms with Gasteiger partial charge >= 0.3 is 0 Å². The SMILES string of the molecule is COc1ccc(N2CC[NH+](Cc3cc(C(C)C)c(O)c(C(C)C)c3)CC2)cc1. The molecule has 0 aliphatic carbocycles. The van der Waals surface area contributed by atoms with Crippen LogP contribution in [0.3, 0.4) is 0 Å². The predicted octanol–water partition coefficient (Wildman–Crippen LogP) is 3.55. The zero-order chi connectivity index (χ0) is 20.3. The average molecular weight is 384 g/mol. The predicted molar refractivity (Wildman–Crippen MR) is 116 cm³/mol. The molecular weight excluding hydrogens is 348 g/mol. The van der Waals surface area contributed by atoms with Crippen LogP contribution >= 0.6 is 0 Å². The quantitative estimate of drug-likeness (QED) is 0.801. The van der Waals surface area contributed by atoms with Gasteiger partial charge in [-0.05, 0) is 59.4 Å². The molecule has 1 aliphatic heterocycles. The molecule has 4 nitrogen and oxygen atoms in total. The molecule has 28 heavy (non-hydrogen) atoms. The standard InChI is InChI=1S/C24H34N2O2/c1-17(2)22-14-19(15-23(18(3)4)24(22)27)16-25-10-12-26(13-11-25)20-6-8-21(28-5)9-7-20/h6-9,14-15,17-18,27H,10-13,16H2,1-5H3/p+1. The summed E-state index contributed by atoms with van der Waals surface area (Å²) in [6.07, 6.45) is 0. The number of nitrogens with zero attached hydrogens (tertiary/aromatic N) is 1. The number of hydrogen-bond donors (Lipinski definition) is 2. The fourth-order valence-electron chi connectivity index (χ4n) is 4.07. The zero-order valence-corrected chi connectivity index (χ0v) is 18.0. The first-order valence-corrected chi connectivity index (χ1v) is 10.5. The van der Waals surface area contributed by atoms with Gasteiger partial charge in [0, 0.05) is 11.3 Å². The van der Waals surface area contributed by atoms with Crippen molar-refractivity contribution in [2.75, 3.05) is 38.2 Å². The van der Waals surface area contributed by atoms with E-state index in [1.54, 1.807) is 12.0 Å². The van der Waals surface area contributed by atoms with E-state index in [0.717, 1.165) is 49.6 Å². The Morgan fingerprint density at radius 2 is 1.50 bits per heavy atom. The molecule has 1 fully saturated rings. The minimum absolute atomic E-state index is 0.333. The minimum Gasteiger partial charge on any atom is -0.507 e. The summed E-state index contributed by atoms with van der Waals surface area (Å²) in [6, 6.07) is 12.8. The highest BCUT2D eigenvalue weighted by molar-refractivity contribution is 5.49. The lowest BCUT2D eigenvalue weighted by atomic mass is 9.91. The Morgan fingerprint density at radius 1 is 0.964 bits per heavy atom. The van der Waals surface area contributed by atoms with Gasteiger partial charge in [0.2, 0.25) is 0 Å². The van der Waals surface area contributed by atoms with E-state index in [0.29, 0.717) is 17.6 Å². The molecule has 3 rings (SSSR count). The molecule has 1 heterocycles. The van der Waals surface area contributed by atoms with Gasteiger partial charge in [0.1, 0.15) is 18.0 Å². The highest BCUT2D eigenvalue weighted by Crippen LogP contribution is 2.34. The molecule has 0 atom stereocenters. The van der Waals surface area contributed by atoms with Crippen LogP contribution in [-0.4, -0.2) is 38.4 Å². The molecule has 1 aliphatic rings. The fourth-order valence-corrected chi connectivity index (χ4v) is 4.07. The van der Waals surface area contributed by atoms with Gasteiger partial charge < -0.3 is 19.6 Å². The fraction of sp³-hybridized carbons (Fsp3) is 0.500. The number of aromatic hydroxyl groups is 1. The number of anilines is 1. The number of quaternary nitrogens is 1. The van der Waals surface area contributed by atoms with Crippen LogP contribution in [0.4, 0.5) is 5.69 Å². The molecule has 0 spiro atoms. The first kappa shape index (κ1) is 20.5. The first-order chi connectivity index (χ1) is 13.4. The van der Waals surface area contributed by atoms with E-state index in [4.69, 9.17) is 4.74 Å². The summed E-state index contributed by atoms with van der Waals surface area (Å²) in [7, 11) is 1.70. The van der Waals surface area contributed by atoms with Crippen molar-refractivity contribution in [1.29, 1.82) is 0 Å².